The molecule has 0 aliphatic carbocycles. The van der Waals surface area contributed by atoms with Crippen LogP contribution in [0.1, 0.15) is 6.92 Å². The van der Waals surface area contributed by atoms with E-state index in [1.54, 1.807) is 6.92 Å². The number of aliphatic hydroxyl groups excluding tert-OH is 1. The van der Waals surface area contributed by atoms with Gasteiger partial charge in [0.15, 0.2) is 0 Å². The Bertz CT molecular complexity index is 384. The first kappa shape index (κ1) is 10.5. The zero-order valence-corrected chi connectivity index (χ0v) is 8.46. The summed E-state index contributed by atoms with van der Waals surface area (Å²) in [5.41, 5.74) is 0. The van der Waals surface area contributed by atoms with E-state index in [0.717, 1.165) is 6.20 Å². The molecule has 0 amide bonds. The Hall–Kier alpha value is -0.590. The van der Waals surface area contributed by atoms with E-state index >= 15 is 0 Å². The van der Waals surface area contributed by atoms with Crippen LogP contribution in [0.3, 0.4) is 0 Å². The molecule has 1 aromatic rings. The molecule has 5 nitrogen and oxygen atoms in total. The van der Waals surface area contributed by atoms with Crippen LogP contribution in [0, 0.1) is 0 Å². The number of rotatable bonds is 3. The number of nitrogens with zero attached hydrogens (tertiary/aromatic N) is 2. The summed E-state index contributed by atoms with van der Waals surface area (Å²) in [5.74, 6) is 0. The Kier molecular flexibility index (Phi) is 2.94. The normalized spacial score (nSPS) is 14.4. The minimum atomic E-state index is -3.71. The van der Waals surface area contributed by atoms with Crippen molar-refractivity contribution in [1.29, 1.82) is 0 Å². The second kappa shape index (κ2) is 3.65. The highest BCUT2D eigenvalue weighted by molar-refractivity contribution is 8.13. The van der Waals surface area contributed by atoms with Crippen molar-refractivity contribution in [3.05, 3.63) is 12.4 Å². The van der Waals surface area contributed by atoms with E-state index in [4.69, 9.17) is 15.8 Å². The second-order valence-electron chi connectivity index (χ2n) is 2.68. The molecule has 0 aromatic carbocycles. The maximum atomic E-state index is 10.8. The highest BCUT2D eigenvalue weighted by Crippen LogP contribution is 2.12. The Labute approximate surface area is 80.4 Å². The first-order chi connectivity index (χ1) is 5.89. The van der Waals surface area contributed by atoms with Gasteiger partial charge in [-0.1, -0.05) is 0 Å². The molecule has 0 saturated heterocycles. The van der Waals surface area contributed by atoms with Gasteiger partial charge >= 0.3 is 0 Å². The molecule has 0 fully saturated rings. The minimum absolute atomic E-state index is 0.0604. The maximum Gasteiger partial charge on any atom is 0.264 e. The number of halogens is 1. The molecule has 1 N–H and O–H groups in total. The van der Waals surface area contributed by atoms with E-state index in [9.17, 15) is 8.42 Å². The minimum Gasteiger partial charge on any atom is -0.391 e. The molecule has 74 valence electrons. The van der Waals surface area contributed by atoms with Crippen molar-refractivity contribution in [3.63, 3.8) is 0 Å². The highest BCUT2D eigenvalue weighted by atomic mass is 35.7. The summed E-state index contributed by atoms with van der Waals surface area (Å²) >= 11 is 0. The molecule has 0 spiro atoms. The van der Waals surface area contributed by atoms with Crippen LogP contribution in [0.2, 0.25) is 0 Å². The monoisotopic (exact) mass is 224 g/mol. The summed E-state index contributed by atoms with van der Waals surface area (Å²) in [6, 6.07) is 0. The van der Waals surface area contributed by atoms with E-state index in [0.29, 0.717) is 0 Å². The number of hydrogen-bond acceptors (Lipinski definition) is 4. The molecule has 7 heteroatoms. The number of aliphatic hydroxyl groups is 1. The van der Waals surface area contributed by atoms with E-state index in [2.05, 4.69) is 5.10 Å². The van der Waals surface area contributed by atoms with Crippen molar-refractivity contribution in [2.45, 2.75) is 24.5 Å². The molecule has 0 aliphatic heterocycles. The van der Waals surface area contributed by atoms with Gasteiger partial charge in [0.25, 0.3) is 9.05 Å². The summed E-state index contributed by atoms with van der Waals surface area (Å²) < 4.78 is 22.9. The average molecular weight is 225 g/mol. The number of aromatic nitrogens is 2. The maximum absolute atomic E-state index is 10.8. The van der Waals surface area contributed by atoms with Gasteiger partial charge in [0.1, 0.15) is 4.90 Å². The van der Waals surface area contributed by atoms with Crippen LogP contribution >= 0.6 is 10.7 Å². The Morgan fingerprint density at radius 2 is 2.38 bits per heavy atom. The van der Waals surface area contributed by atoms with E-state index < -0.39 is 15.2 Å². The van der Waals surface area contributed by atoms with Gasteiger partial charge in [0.05, 0.1) is 18.8 Å². The van der Waals surface area contributed by atoms with Crippen LogP contribution in [0.5, 0.6) is 0 Å². The second-order valence-corrected chi connectivity index (χ2v) is 5.25. The van der Waals surface area contributed by atoms with Crippen LogP contribution in [0.15, 0.2) is 17.3 Å². The van der Waals surface area contributed by atoms with E-state index in [-0.39, 0.29) is 11.4 Å². The Balaban J connectivity index is 2.88. The largest absolute Gasteiger partial charge is 0.391 e. The van der Waals surface area contributed by atoms with Crippen molar-refractivity contribution in [3.8, 4) is 0 Å². The molecular formula is C6H9ClN2O3S. The average Bonchev–Trinajstić information content (AvgIpc) is 2.32. The third-order valence-corrected chi connectivity index (χ3v) is 2.65. The number of hydrogen-bond donors (Lipinski definition) is 1. The van der Waals surface area contributed by atoms with Crippen molar-refractivity contribution in [1.82, 2.24) is 9.78 Å². The summed E-state index contributed by atoms with van der Waals surface area (Å²) in [5, 5.41) is 12.7. The van der Waals surface area contributed by atoms with Crippen molar-refractivity contribution in [2.24, 2.45) is 0 Å². The molecule has 1 heterocycles. The fourth-order valence-corrected chi connectivity index (χ4v) is 1.50. The van der Waals surface area contributed by atoms with Crippen LogP contribution in [0.25, 0.3) is 0 Å². The van der Waals surface area contributed by atoms with Gasteiger partial charge in [0.2, 0.25) is 0 Å². The fourth-order valence-electron chi connectivity index (χ4n) is 0.841. The molecule has 0 bridgehead atoms. The van der Waals surface area contributed by atoms with Gasteiger partial charge in [-0.05, 0) is 6.92 Å². The predicted octanol–water partition coefficient (Wildman–Crippen LogP) is 0.191. The fraction of sp³-hybridized carbons (Fsp3) is 0.500. The molecule has 1 unspecified atom stereocenters. The summed E-state index contributed by atoms with van der Waals surface area (Å²) in [6.45, 7) is 1.82. The van der Waals surface area contributed by atoms with E-state index in [1.807, 2.05) is 0 Å². The lowest BCUT2D eigenvalue weighted by Gasteiger charge is -2.02. The molecule has 0 saturated carbocycles. The van der Waals surface area contributed by atoms with Crippen LogP contribution in [-0.2, 0) is 15.6 Å². The van der Waals surface area contributed by atoms with Crippen LogP contribution in [0.4, 0.5) is 0 Å². The van der Waals surface area contributed by atoms with Gasteiger partial charge in [-0.25, -0.2) is 8.42 Å². The standard InChI is InChI=1S/C6H9ClN2O3S/c1-5(10)3-9-4-6(2-8-9)13(7,11)12/h2,4-5,10H,3H2,1H3. The van der Waals surface area contributed by atoms with Gasteiger partial charge < -0.3 is 5.11 Å². The molecule has 13 heavy (non-hydrogen) atoms. The molecule has 1 atom stereocenters. The third kappa shape index (κ3) is 2.98. The van der Waals surface area contributed by atoms with Gasteiger partial charge in [-0.2, -0.15) is 5.10 Å². The lowest BCUT2D eigenvalue weighted by molar-refractivity contribution is 0.168. The molecule has 1 aromatic heterocycles. The van der Waals surface area contributed by atoms with Crippen molar-refractivity contribution in [2.75, 3.05) is 0 Å². The quantitative estimate of drug-likeness (QED) is 0.744. The third-order valence-electron chi connectivity index (χ3n) is 1.34. The summed E-state index contributed by atoms with van der Waals surface area (Å²) in [6.07, 6.45) is 1.84. The SMILES string of the molecule is CC(O)Cn1cc(S(=O)(=O)Cl)cn1. The van der Waals surface area contributed by atoms with E-state index in [1.165, 1.54) is 10.9 Å². The topological polar surface area (TPSA) is 72.2 Å². The zero-order chi connectivity index (χ0) is 10.1. The predicted molar refractivity (Wildman–Crippen MR) is 46.9 cm³/mol. The van der Waals surface area contributed by atoms with Gasteiger partial charge in [-0.15, -0.1) is 0 Å². The Morgan fingerprint density at radius 1 is 1.77 bits per heavy atom. The molecule has 1 rings (SSSR count). The lowest BCUT2D eigenvalue weighted by Crippen LogP contribution is -2.11. The van der Waals surface area contributed by atoms with Crippen LogP contribution in [-0.4, -0.2) is 29.4 Å². The first-order valence-electron chi connectivity index (χ1n) is 3.55. The highest BCUT2D eigenvalue weighted by Gasteiger charge is 2.12. The lowest BCUT2D eigenvalue weighted by atomic mass is 10.4. The molecular weight excluding hydrogens is 216 g/mol. The van der Waals surface area contributed by atoms with Crippen LogP contribution < -0.4 is 0 Å². The van der Waals surface area contributed by atoms with Gasteiger partial charge in [0, 0.05) is 16.9 Å². The van der Waals surface area contributed by atoms with Gasteiger partial charge in [-0.3, -0.25) is 4.68 Å². The van der Waals surface area contributed by atoms with Crippen molar-refractivity contribution >= 4 is 19.7 Å². The first-order valence-corrected chi connectivity index (χ1v) is 5.85. The summed E-state index contributed by atoms with van der Waals surface area (Å²) in [7, 11) is 1.35. The van der Waals surface area contributed by atoms with Crippen molar-refractivity contribution < 1.29 is 13.5 Å². The smallest absolute Gasteiger partial charge is 0.264 e. The Morgan fingerprint density at radius 3 is 2.77 bits per heavy atom. The molecule has 0 radical (unpaired) electrons. The zero-order valence-electron chi connectivity index (χ0n) is 6.88. The molecule has 0 aliphatic rings. The summed E-state index contributed by atoms with van der Waals surface area (Å²) in [4.78, 5) is -0.0604.